The fraction of sp³-hybridized carbons (Fsp3) is 0.0909. The summed E-state index contributed by atoms with van der Waals surface area (Å²) in [6, 6.07) is 13.5. The maximum Gasteiger partial charge on any atom is 0.221 e. The lowest BCUT2D eigenvalue weighted by Crippen LogP contribution is -2.21. The Labute approximate surface area is 173 Å². The average Bonchev–Trinajstić information content (AvgIpc) is 2.68. The van der Waals surface area contributed by atoms with Crippen LogP contribution in [0.15, 0.2) is 72.1 Å². The van der Waals surface area contributed by atoms with Gasteiger partial charge in [0, 0.05) is 48.7 Å². The summed E-state index contributed by atoms with van der Waals surface area (Å²) in [7, 11) is 0. The summed E-state index contributed by atoms with van der Waals surface area (Å²) < 4.78 is 0. The molecule has 0 bridgehead atoms. The van der Waals surface area contributed by atoms with Gasteiger partial charge in [-0.05, 0) is 48.5 Å². The molecule has 2 aromatic rings. The van der Waals surface area contributed by atoms with Crippen LogP contribution >= 0.6 is 0 Å². The first-order valence-corrected chi connectivity index (χ1v) is 9.11. The number of amides is 2. The highest BCUT2D eigenvalue weighted by Gasteiger charge is 2.20. The summed E-state index contributed by atoms with van der Waals surface area (Å²) in [5.41, 5.74) is 2.77. The van der Waals surface area contributed by atoms with E-state index in [-0.39, 0.29) is 34.8 Å². The molecule has 8 nitrogen and oxygen atoms in total. The van der Waals surface area contributed by atoms with E-state index in [1.54, 1.807) is 48.5 Å². The molecular formula is C22H20N4O4. The molecule has 152 valence electrons. The predicted molar refractivity (Wildman–Crippen MR) is 115 cm³/mol. The van der Waals surface area contributed by atoms with Crippen LogP contribution in [0.2, 0.25) is 0 Å². The Bertz CT molecular complexity index is 980. The van der Waals surface area contributed by atoms with E-state index in [1.807, 2.05) is 0 Å². The van der Waals surface area contributed by atoms with Crippen LogP contribution < -0.4 is 21.3 Å². The van der Waals surface area contributed by atoms with Gasteiger partial charge in [0.05, 0.1) is 11.4 Å². The molecular weight excluding hydrogens is 384 g/mol. The first kappa shape index (κ1) is 20.5. The SMILES string of the molecule is CC(=O)Nc1ccc(NC2=CC(=O)C(Nc3ccc(NC(C)=O)cc3)=CC2=O)cc1. The number of carbonyl (C=O) groups excluding carboxylic acids is 4. The number of allylic oxidation sites excluding steroid dienone is 2. The van der Waals surface area contributed by atoms with Crippen molar-refractivity contribution in [2.75, 3.05) is 21.3 Å². The van der Waals surface area contributed by atoms with Gasteiger partial charge in [-0.25, -0.2) is 0 Å². The maximum absolute atomic E-state index is 12.4. The van der Waals surface area contributed by atoms with Gasteiger partial charge in [0.1, 0.15) is 0 Å². The molecule has 0 unspecified atom stereocenters. The molecule has 1 aliphatic carbocycles. The number of anilines is 4. The second-order valence-electron chi connectivity index (χ2n) is 6.61. The third kappa shape index (κ3) is 5.41. The molecule has 0 saturated carbocycles. The molecule has 0 aromatic heterocycles. The molecule has 2 amide bonds. The normalized spacial score (nSPS) is 13.1. The molecule has 0 spiro atoms. The third-order valence-electron chi connectivity index (χ3n) is 4.05. The standard InChI is InChI=1S/C22H20N4O4/c1-13(27)23-15-3-7-17(8-4-15)25-19-11-22(30)20(12-21(19)29)26-18-9-5-16(6-10-18)24-14(2)28/h3-12,25-26H,1-2H3,(H,23,27)(H,24,28). The van der Waals surface area contributed by atoms with Crippen LogP contribution in [0.1, 0.15) is 13.8 Å². The van der Waals surface area contributed by atoms with Gasteiger partial charge in [0.25, 0.3) is 0 Å². The summed E-state index contributed by atoms with van der Waals surface area (Å²) in [6.45, 7) is 2.83. The molecule has 30 heavy (non-hydrogen) atoms. The van der Waals surface area contributed by atoms with E-state index < -0.39 is 0 Å². The number of rotatable bonds is 6. The average molecular weight is 404 g/mol. The van der Waals surface area contributed by atoms with Crippen LogP contribution in [-0.4, -0.2) is 23.4 Å². The van der Waals surface area contributed by atoms with Crippen LogP contribution in [0, 0.1) is 0 Å². The molecule has 2 aromatic carbocycles. The van der Waals surface area contributed by atoms with Gasteiger partial charge in [0.2, 0.25) is 23.4 Å². The summed E-state index contributed by atoms with van der Waals surface area (Å²) in [4.78, 5) is 47.0. The largest absolute Gasteiger partial charge is 0.352 e. The van der Waals surface area contributed by atoms with E-state index in [9.17, 15) is 19.2 Å². The Morgan fingerprint density at radius 2 is 0.867 bits per heavy atom. The van der Waals surface area contributed by atoms with Gasteiger partial charge in [-0.1, -0.05) is 0 Å². The Morgan fingerprint density at radius 3 is 1.17 bits per heavy atom. The van der Waals surface area contributed by atoms with Crippen LogP contribution in [0.5, 0.6) is 0 Å². The van der Waals surface area contributed by atoms with Crippen LogP contribution in [0.4, 0.5) is 22.7 Å². The molecule has 0 aliphatic heterocycles. The molecule has 1 aliphatic rings. The fourth-order valence-electron chi connectivity index (χ4n) is 2.75. The highest BCUT2D eigenvalue weighted by molar-refractivity contribution is 6.21. The number of benzene rings is 2. The Hall–Kier alpha value is -4.20. The zero-order valence-electron chi connectivity index (χ0n) is 16.4. The third-order valence-corrected chi connectivity index (χ3v) is 4.05. The number of ketones is 2. The summed E-state index contributed by atoms with van der Waals surface area (Å²) in [5, 5.41) is 11.1. The van der Waals surface area contributed by atoms with Crippen molar-refractivity contribution in [2.24, 2.45) is 0 Å². The molecule has 0 fully saturated rings. The van der Waals surface area contributed by atoms with Crippen molar-refractivity contribution in [3.05, 3.63) is 72.1 Å². The minimum absolute atomic E-state index is 0.152. The van der Waals surface area contributed by atoms with Gasteiger partial charge in [-0.2, -0.15) is 0 Å². The topological polar surface area (TPSA) is 116 Å². The van der Waals surface area contributed by atoms with Crippen LogP contribution in [-0.2, 0) is 19.2 Å². The van der Waals surface area contributed by atoms with E-state index in [1.165, 1.54) is 26.0 Å². The van der Waals surface area contributed by atoms with E-state index in [0.717, 1.165) is 0 Å². The van der Waals surface area contributed by atoms with Gasteiger partial charge < -0.3 is 21.3 Å². The van der Waals surface area contributed by atoms with Gasteiger partial charge in [-0.3, -0.25) is 19.2 Å². The van der Waals surface area contributed by atoms with Crippen molar-refractivity contribution >= 4 is 46.1 Å². The van der Waals surface area contributed by atoms with Crippen molar-refractivity contribution in [2.45, 2.75) is 13.8 Å². The lowest BCUT2D eigenvalue weighted by Gasteiger charge is -2.16. The lowest BCUT2D eigenvalue weighted by molar-refractivity contribution is -0.115. The first-order chi connectivity index (χ1) is 14.3. The predicted octanol–water partition coefficient (Wildman–Crippen LogP) is 3.05. The minimum atomic E-state index is -0.349. The molecule has 0 radical (unpaired) electrons. The minimum Gasteiger partial charge on any atom is -0.352 e. The fourth-order valence-corrected chi connectivity index (χ4v) is 2.75. The van der Waals surface area contributed by atoms with E-state index in [0.29, 0.717) is 22.7 Å². The number of nitrogens with one attached hydrogen (secondary N) is 4. The van der Waals surface area contributed by atoms with Gasteiger partial charge in [0.15, 0.2) is 0 Å². The Morgan fingerprint density at radius 1 is 0.567 bits per heavy atom. The van der Waals surface area contributed by atoms with Crippen LogP contribution in [0.25, 0.3) is 0 Å². The first-order valence-electron chi connectivity index (χ1n) is 9.11. The highest BCUT2D eigenvalue weighted by atomic mass is 16.2. The van der Waals surface area contributed by atoms with E-state index >= 15 is 0 Å². The Kier molecular flexibility index (Phi) is 6.07. The van der Waals surface area contributed by atoms with Crippen molar-refractivity contribution in [3.63, 3.8) is 0 Å². The second kappa shape index (κ2) is 8.87. The maximum atomic E-state index is 12.4. The lowest BCUT2D eigenvalue weighted by atomic mass is 10.1. The molecule has 0 saturated heterocycles. The quantitative estimate of drug-likeness (QED) is 0.550. The highest BCUT2D eigenvalue weighted by Crippen LogP contribution is 2.21. The van der Waals surface area contributed by atoms with Crippen LogP contribution in [0.3, 0.4) is 0 Å². The van der Waals surface area contributed by atoms with Gasteiger partial charge >= 0.3 is 0 Å². The smallest absolute Gasteiger partial charge is 0.221 e. The van der Waals surface area contributed by atoms with Crippen molar-refractivity contribution < 1.29 is 19.2 Å². The van der Waals surface area contributed by atoms with E-state index in [2.05, 4.69) is 21.3 Å². The Balaban J connectivity index is 1.65. The molecule has 0 heterocycles. The summed E-state index contributed by atoms with van der Waals surface area (Å²) in [6.07, 6.45) is 2.47. The van der Waals surface area contributed by atoms with Crippen molar-refractivity contribution in [1.82, 2.24) is 0 Å². The number of hydrogen-bond acceptors (Lipinski definition) is 6. The zero-order valence-corrected chi connectivity index (χ0v) is 16.4. The van der Waals surface area contributed by atoms with Crippen molar-refractivity contribution in [1.29, 1.82) is 0 Å². The molecule has 8 heteroatoms. The molecule has 4 N–H and O–H groups in total. The second-order valence-corrected chi connectivity index (χ2v) is 6.61. The monoisotopic (exact) mass is 404 g/mol. The number of carbonyl (C=O) groups is 4. The van der Waals surface area contributed by atoms with Gasteiger partial charge in [-0.15, -0.1) is 0 Å². The molecule has 3 rings (SSSR count). The summed E-state index contributed by atoms with van der Waals surface area (Å²) >= 11 is 0. The van der Waals surface area contributed by atoms with Crippen molar-refractivity contribution in [3.8, 4) is 0 Å². The van der Waals surface area contributed by atoms with E-state index in [4.69, 9.17) is 0 Å². The number of hydrogen-bond donors (Lipinski definition) is 4. The molecule has 0 atom stereocenters. The zero-order chi connectivity index (χ0) is 21.7. The summed E-state index contributed by atoms with van der Waals surface area (Å²) in [5.74, 6) is -1.06.